The zero-order valence-electron chi connectivity index (χ0n) is 22.1. The molecule has 0 atom stereocenters. The van der Waals surface area contributed by atoms with Crippen molar-refractivity contribution >= 4 is 0 Å². The molecule has 4 aromatic carbocycles. The summed E-state index contributed by atoms with van der Waals surface area (Å²) in [6.07, 6.45) is 8.25. The molecule has 0 heteroatoms. The average Bonchev–Trinajstić information content (AvgIpc) is 2.94. The summed E-state index contributed by atoms with van der Waals surface area (Å²) in [5, 5.41) is 0. The molecule has 0 spiro atoms. The Morgan fingerprint density at radius 1 is 0.500 bits per heavy atom. The van der Waals surface area contributed by atoms with Crippen LogP contribution in [-0.2, 0) is 19.3 Å². The van der Waals surface area contributed by atoms with Gasteiger partial charge in [-0.05, 0) is 95.3 Å². The second kappa shape index (κ2) is 12.9. The summed E-state index contributed by atoms with van der Waals surface area (Å²) in [4.78, 5) is 0. The monoisotopic (exact) mass is 470 g/mol. The van der Waals surface area contributed by atoms with Crippen LogP contribution in [0.3, 0.4) is 0 Å². The van der Waals surface area contributed by atoms with Gasteiger partial charge in [0.1, 0.15) is 0 Å². The largest absolute Gasteiger partial charge is 0.0654 e. The van der Waals surface area contributed by atoms with Crippen LogP contribution in [-0.4, -0.2) is 0 Å². The zero-order chi connectivity index (χ0) is 25.2. The maximum atomic E-state index is 3.42. The average molecular weight is 471 g/mol. The van der Waals surface area contributed by atoms with Crippen molar-refractivity contribution < 1.29 is 0 Å². The second-order valence-corrected chi connectivity index (χ2v) is 9.65. The molecule has 0 N–H and O–H groups in total. The van der Waals surface area contributed by atoms with Crippen LogP contribution < -0.4 is 0 Å². The highest BCUT2D eigenvalue weighted by Gasteiger charge is 2.05. The Labute approximate surface area is 218 Å². The van der Waals surface area contributed by atoms with Gasteiger partial charge in [-0.3, -0.25) is 0 Å². The quantitative estimate of drug-likeness (QED) is 0.214. The van der Waals surface area contributed by atoms with Crippen molar-refractivity contribution in [3.63, 3.8) is 0 Å². The van der Waals surface area contributed by atoms with Crippen LogP contribution in [0.1, 0.15) is 74.3 Å². The topological polar surface area (TPSA) is 0 Å². The summed E-state index contributed by atoms with van der Waals surface area (Å²) in [7, 11) is 0. The van der Waals surface area contributed by atoms with E-state index in [0.717, 1.165) is 24.0 Å². The molecule has 0 saturated carbocycles. The molecule has 0 saturated heterocycles. The Hall–Kier alpha value is -3.56. The number of aryl methyl sites for hydroxylation is 3. The Morgan fingerprint density at radius 2 is 0.972 bits per heavy atom. The maximum Gasteiger partial charge on any atom is 0.0281 e. The Bertz CT molecular complexity index is 1290. The minimum absolute atomic E-state index is 0.969. The summed E-state index contributed by atoms with van der Waals surface area (Å²) in [5.74, 6) is 6.79. The molecular formula is C36H38. The Morgan fingerprint density at radius 3 is 1.50 bits per heavy atom. The van der Waals surface area contributed by atoms with E-state index in [9.17, 15) is 0 Å². The molecule has 0 nitrogen and oxygen atoms in total. The fourth-order valence-electron chi connectivity index (χ4n) is 4.56. The van der Waals surface area contributed by atoms with Crippen LogP contribution in [0.2, 0.25) is 0 Å². The summed E-state index contributed by atoms with van der Waals surface area (Å²) in [6.45, 7) is 6.69. The van der Waals surface area contributed by atoms with Gasteiger partial charge in [0.05, 0.1) is 0 Å². The van der Waals surface area contributed by atoms with Crippen LogP contribution in [0.5, 0.6) is 0 Å². The van der Waals surface area contributed by atoms with Crippen LogP contribution in [0.15, 0.2) is 91.0 Å². The lowest BCUT2D eigenvalue weighted by Crippen LogP contribution is -1.90. The number of unbranched alkanes of at least 4 members (excludes halogenated alkanes) is 2. The van der Waals surface area contributed by atoms with Gasteiger partial charge in [0.15, 0.2) is 0 Å². The molecule has 0 unspecified atom stereocenters. The van der Waals surface area contributed by atoms with Crippen LogP contribution >= 0.6 is 0 Å². The van der Waals surface area contributed by atoms with Gasteiger partial charge in [0.25, 0.3) is 0 Å². The molecule has 0 bridgehead atoms. The normalized spacial score (nSPS) is 10.6. The predicted octanol–water partition coefficient (Wildman–Crippen LogP) is 9.67. The second-order valence-electron chi connectivity index (χ2n) is 9.65. The van der Waals surface area contributed by atoms with Crippen molar-refractivity contribution in [3.8, 4) is 34.1 Å². The third-order valence-corrected chi connectivity index (χ3v) is 6.93. The third kappa shape index (κ3) is 6.77. The van der Waals surface area contributed by atoms with Gasteiger partial charge >= 0.3 is 0 Å². The van der Waals surface area contributed by atoms with Crippen LogP contribution in [0, 0.1) is 11.8 Å². The van der Waals surface area contributed by atoms with E-state index in [-0.39, 0.29) is 0 Å². The lowest BCUT2D eigenvalue weighted by molar-refractivity contribution is 0.795. The zero-order valence-corrected chi connectivity index (χ0v) is 22.1. The first kappa shape index (κ1) is 25.5. The van der Waals surface area contributed by atoms with E-state index in [1.165, 1.54) is 71.0 Å². The van der Waals surface area contributed by atoms with E-state index in [1.807, 2.05) is 0 Å². The Kier molecular flexibility index (Phi) is 9.18. The predicted molar refractivity (Wildman–Crippen MR) is 156 cm³/mol. The molecule has 182 valence electrons. The SMILES string of the molecule is CCCCc1ccc(C#Cc2ccc(-c3ccc(-c4ccc(CCCC)cc4)cc3)cc2CC)cc1. The molecule has 0 aromatic heterocycles. The van der Waals surface area contributed by atoms with Gasteiger partial charge in [-0.25, -0.2) is 0 Å². The number of rotatable bonds is 9. The lowest BCUT2D eigenvalue weighted by atomic mass is 9.95. The van der Waals surface area contributed by atoms with Crippen LogP contribution in [0.25, 0.3) is 22.3 Å². The molecule has 0 aliphatic carbocycles. The smallest absolute Gasteiger partial charge is 0.0281 e. The van der Waals surface area contributed by atoms with Gasteiger partial charge in [-0.1, -0.05) is 112 Å². The summed E-state index contributed by atoms with van der Waals surface area (Å²) in [5.41, 5.74) is 11.4. The van der Waals surface area contributed by atoms with Crippen molar-refractivity contribution in [3.05, 3.63) is 119 Å². The van der Waals surface area contributed by atoms with Crippen molar-refractivity contribution in [1.29, 1.82) is 0 Å². The third-order valence-electron chi connectivity index (χ3n) is 6.93. The van der Waals surface area contributed by atoms with Gasteiger partial charge in [-0.2, -0.15) is 0 Å². The summed E-state index contributed by atoms with van der Waals surface area (Å²) >= 11 is 0. The summed E-state index contributed by atoms with van der Waals surface area (Å²) < 4.78 is 0. The molecule has 0 aliphatic rings. The van der Waals surface area contributed by atoms with Crippen molar-refractivity contribution in [2.75, 3.05) is 0 Å². The lowest BCUT2D eigenvalue weighted by Gasteiger charge is -2.09. The van der Waals surface area contributed by atoms with E-state index in [0.29, 0.717) is 0 Å². The molecule has 0 fully saturated rings. The first-order chi connectivity index (χ1) is 17.7. The molecule has 4 aromatic rings. The molecular weight excluding hydrogens is 432 g/mol. The summed E-state index contributed by atoms with van der Waals surface area (Å²) in [6, 6.07) is 33.4. The van der Waals surface area contributed by atoms with Crippen molar-refractivity contribution in [2.45, 2.75) is 65.7 Å². The van der Waals surface area contributed by atoms with E-state index in [4.69, 9.17) is 0 Å². The van der Waals surface area contributed by atoms with Crippen molar-refractivity contribution in [1.82, 2.24) is 0 Å². The number of benzene rings is 4. The van der Waals surface area contributed by atoms with Gasteiger partial charge in [-0.15, -0.1) is 0 Å². The minimum Gasteiger partial charge on any atom is -0.0654 e. The molecule has 0 radical (unpaired) electrons. The highest BCUT2D eigenvalue weighted by Crippen LogP contribution is 2.27. The Balaban J connectivity index is 1.48. The van der Waals surface area contributed by atoms with E-state index in [2.05, 4.69) is 124 Å². The first-order valence-corrected chi connectivity index (χ1v) is 13.6. The van der Waals surface area contributed by atoms with E-state index < -0.39 is 0 Å². The number of hydrogen-bond donors (Lipinski definition) is 0. The standard InChI is InChI=1S/C36H38/c1-4-7-9-28-11-13-30(14-12-28)17-18-32-25-26-36(27-31(32)6-3)35-23-21-34(22-24-35)33-19-15-29(16-20-33)10-8-5-2/h11-16,19-27H,4-10H2,1-3H3. The fourth-order valence-corrected chi connectivity index (χ4v) is 4.56. The van der Waals surface area contributed by atoms with E-state index in [1.54, 1.807) is 0 Å². The highest BCUT2D eigenvalue weighted by molar-refractivity contribution is 5.71. The minimum atomic E-state index is 0.969. The van der Waals surface area contributed by atoms with Crippen LogP contribution in [0.4, 0.5) is 0 Å². The van der Waals surface area contributed by atoms with Gasteiger partial charge in [0, 0.05) is 11.1 Å². The molecule has 36 heavy (non-hydrogen) atoms. The molecule has 0 heterocycles. The van der Waals surface area contributed by atoms with Gasteiger partial charge in [0.2, 0.25) is 0 Å². The highest BCUT2D eigenvalue weighted by atomic mass is 14.1. The maximum absolute atomic E-state index is 3.42. The molecule has 0 amide bonds. The molecule has 0 aliphatic heterocycles. The first-order valence-electron chi connectivity index (χ1n) is 13.6. The fraction of sp³-hybridized carbons (Fsp3) is 0.278. The van der Waals surface area contributed by atoms with Crippen molar-refractivity contribution in [2.24, 2.45) is 0 Å². The number of hydrogen-bond acceptors (Lipinski definition) is 0. The van der Waals surface area contributed by atoms with E-state index >= 15 is 0 Å². The molecule has 4 rings (SSSR count). The van der Waals surface area contributed by atoms with Gasteiger partial charge < -0.3 is 0 Å².